The Morgan fingerprint density at radius 3 is 2.43 bits per heavy atom. The highest BCUT2D eigenvalue weighted by atomic mass is 32.2. The van der Waals surface area contributed by atoms with Crippen molar-refractivity contribution in [1.82, 2.24) is 9.62 Å². The summed E-state index contributed by atoms with van der Waals surface area (Å²) in [5.74, 6) is 0.876. The lowest BCUT2D eigenvalue weighted by Crippen LogP contribution is -2.42. The monoisotopic (exact) mass is 412 g/mol. The predicted molar refractivity (Wildman–Crippen MR) is 104 cm³/mol. The van der Waals surface area contributed by atoms with Gasteiger partial charge in [-0.3, -0.25) is 4.79 Å². The summed E-state index contributed by atoms with van der Waals surface area (Å²) in [6.07, 6.45) is 0.606. The average molecular weight is 413 g/mol. The number of hydrogen-bond acceptors (Lipinski definition) is 6. The van der Waals surface area contributed by atoms with Crippen LogP contribution in [0.3, 0.4) is 0 Å². The first-order valence-electron chi connectivity index (χ1n) is 9.65. The highest BCUT2D eigenvalue weighted by Crippen LogP contribution is 2.21. The van der Waals surface area contributed by atoms with E-state index in [9.17, 15) is 13.2 Å². The maximum atomic E-state index is 12.4. The Hall–Kier alpha value is -1.68. The third kappa shape index (κ3) is 5.91. The largest absolute Gasteiger partial charge is 0.494 e. The molecule has 3 rings (SSSR count). The second-order valence-electron chi connectivity index (χ2n) is 7.03. The van der Waals surface area contributed by atoms with E-state index in [0.29, 0.717) is 32.5 Å². The van der Waals surface area contributed by atoms with Gasteiger partial charge in [0.2, 0.25) is 15.9 Å². The maximum Gasteiger partial charge on any atom is 0.222 e. The molecule has 0 aliphatic carbocycles. The van der Waals surface area contributed by atoms with Crippen LogP contribution >= 0.6 is 0 Å². The van der Waals surface area contributed by atoms with E-state index in [-0.39, 0.29) is 37.1 Å². The van der Waals surface area contributed by atoms with Crippen LogP contribution in [0.25, 0.3) is 0 Å². The van der Waals surface area contributed by atoms with Crippen molar-refractivity contribution < 1.29 is 27.4 Å². The van der Waals surface area contributed by atoms with Gasteiger partial charge in [0.1, 0.15) is 18.0 Å². The Labute approximate surface area is 166 Å². The van der Waals surface area contributed by atoms with Crippen LogP contribution in [-0.2, 0) is 24.3 Å². The second kappa shape index (κ2) is 9.69. The SMILES string of the molecule is CCS(=O)(=O)NC1CO[C@H]2CN(C(=O)CCCOc3ccccc3)C[C@@H]2OC1. The Kier molecular flexibility index (Phi) is 7.28. The molecule has 1 aromatic rings. The van der Waals surface area contributed by atoms with Gasteiger partial charge in [0.15, 0.2) is 0 Å². The molecular formula is C19H28N2O6S. The summed E-state index contributed by atoms with van der Waals surface area (Å²) in [7, 11) is -3.30. The molecule has 156 valence electrons. The fraction of sp³-hybridized carbons (Fsp3) is 0.632. The lowest BCUT2D eigenvalue weighted by atomic mass is 10.3. The van der Waals surface area contributed by atoms with Gasteiger partial charge in [-0.1, -0.05) is 18.2 Å². The van der Waals surface area contributed by atoms with Crippen molar-refractivity contribution >= 4 is 15.9 Å². The molecular weight excluding hydrogens is 384 g/mol. The minimum Gasteiger partial charge on any atom is -0.494 e. The molecule has 2 fully saturated rings. The van der Waals surface area contributed by atoms with Crippen LogP contribution in [0.4, 0.5) is 0 Å². The van der Waals surface area contributed by atoms with Gasteiger partial charge in [-0.2, -0.15) is 0 Å². The van der Waals surface area contributed by atoms with Crippen molar-refractivity contribution in [3.63, 3.8) is 0 Å². The average Bonchev–Trinajstić information content (AvgIpc) is 3.02. The minimum absolute atomic E-state index is 0.0205. The molecule has 0 bridgehead atoms. The number of rotatable bonds is 8. The van der Waals surface area contributed by atoms with E-state index in [1.165, 1.54) is 0 Å². The summed E-state index contributed by atoms with van der Waals surface area (Å²) in [5.41, 5.74) is 0. The summed E-state index contributed by atoms with van der Waals surface area (Å²) in [5, 5.41) is 0. The van der Waals surface area contributed by atoms with E-state index in [4.69, 9.17) is 14.2 Å². The fourth-order valence-corrected chi connectivity index (χ4v) is 4.10. The van der Waals surface area contributed by atoms with Gasteiger partial charge in [-0.25, -0.2) is 13.1 Å². The van der Waals surface area contributed by atoms with Crippen molar-refractivity contribution in [2.45, 2.75) is 38.0 Å². The minimum atomic E-state index is -3.30. The molecule has 2 saturated heterocycles. The van der Waals surface area contributed by atoms with Crippen molar-refractivity contribution in [3.8, 4) is 5.75 Å². The second-order valence-corrected chi connectivity index (χ2v) is 9.07. The summed E-state index contributed by atoms with van der Waals surface area (Å²) in [4.78, 5) is 14.2. The first-order chi connectivity index (χ1) is 13.5. The zero-order valence-electron chi connectivity index (χ0n) is 16.1. The van der Waals surface area contributed by atoms with Crippen molar-refractivity contribution in [2.75, 3.05) is 38.7 Å². The molecule has 0 radical (unpaired) electrons. The number of para-hydroxylation sites is 1. The molecule has 9 heteroatoms. The molecule has 0 aromatic heterocycles. The van der Waals surface area contributed by atoms with Gasteiger partial charge >= 0.3 is 0 Å². The van der Waals surface area contributed by atoms with E-state index in [1.54, 1.807) is 11.8 Å². The van der Waals surface area contributed by atoms with E-state index >= 15 is 0 Å². The number of nitrogens with one attached hydrogen (secondary N) is 1. The fourth-order valence-electron chi connectivity index (χ4n) is 3.29. The van der Waals surface area contributed by atoms with Crippen molar-refractivity contribution in [3.05, 3.63) is 30.3 Å². The number of amides is 1. The number of hydrogen-bond donors (Lipinski definition) is 1. The van der Waals surface area contributed by atoms with Gasteiger partial charge in [-0.15, -0.1) is 0 Å². The molecule has 0 unspecified atom stereocenters. The molecule has 28 heavy (non-hydrogen) atoms. The van der Waals surface area contributed by atoms with Crippen LogP contribution in [0, 0.1) is 0 Å². The first-order valence-corrected chi connectivity index (χ1v) is 11.3. The summed E-state index contributed by atoms with van der Waals surface area (Å²) >= 11 is 0. The molecule has 8 nitrogen and oxygen atoms in total. The van der Waals surface area contributed by atoms with Crippen LogP contribution in [0.5, 0.6) is 5.75 Å². The summed E-state index contributed by atoms with van der Waals surface area (Å²) in [6, 6.07) is 9.13. The number of carbonyl (C=O) groups excluding carboxylic acids is 1. The van der Waals surface area contributed by atoms with E-state index < -0.39 is 16.1 Å². The molecule has 2 heterocycles. The molecule has 2 aliphatic heterocycles. The third-order valence-corrected chi connectivity index (χ3v) is 6.32. The molecule has 0 spiro atoms. The Morgan fingerprint density at radius 1 is 1.18 bits per heavy atom. The smallest absolute Gasteiger partial charge is 0.222 e. The van der Waals surface area contributed by atoms with Crippen LogP contribution < -0.4 is 9.46 Å². The molecule has 1 aromatic carbocycles. The van der Waals surface area contributed by atoms with Crippen molar-refractivity contribution in [2.24, 2.45) is 0 Å². The Balaban J connectivity index is 1.39. The number of benzene rings is 1. The molecule has 2 aliphatic rings. The van der Waals surface area contributed by atoms with E-state index in [1.807, 2.05) is 30.3 Å². The lowest BCUT2D eigenvalue weighted by Gasteiger charge is -2.19. The molecule has 1 amide bonds. The topological polar surface area (TPSA) is 94.2 Å². The zero-order chi connectivity index (χ0) is 20.0. The number of fused-ring (bicyclic) bond motifs is 1. The van der Waals surface area contributed by atoms with Crippen LogP contribution in [-0.4, -0.2) is 76.1 Å². The van der Waals surface area contributed by atoms with Gasteiger partial charge < -0.3 is 19.1 Å². The third-order valence-electron chi connectivity index (χ3n) is 4.86. The highest BCUT2D eigenvalue weighted by molar-refractivity contribution is 7.89. The van der Waals surface area contributed by atoms with Crippen LogP contribution in [0.2, 0.25) is 0 Å². The maximum absolute atomic E-state index is 12.4. The quantitative estimate of drug-likeness (QED) is 0.634. The Bertz CT molecular complexity index is 726. The molecule has 2 atom stereocenters. The van der Waals surface area contributed by atoms with Crippen molar-refractivity contribution in [1.29, 1.82) is 0 Å². The first kappa shape index (κ1) is 21.0. The van der Waals surface area contributed by atoms with E-state index in [0.717, 1.165) is 5.75 Å². The number of sulfonamides is 1. The molecule has 1 N–H and O–H groups in total. The number of ether oxygens (including phenoxy) is 3. The van der Waals surface area contributed by atoms with Gasteiger partial charge in [0.05, 0.1) is 31.6 Å². The summed E-state index contributed by atoms with van der Waals surface area (Å²) < 4.78 is 43.2. The number of carbonyl (C=O) groups is 1. The lowest BCUT2D eigenvalue weighted by molar-refractivity contribution is -0.131. The Morgan fingerprint density at radius 2 is 1.82 bits per heavy atom. The zero-order valence-corrected chi connectivity index (χ0v) is 16.9. The highest BCUT2D eigenvalue weighted by Gasteiger charge is 2.39. The summed E-state index contributed by atoms with van der Waals surface area (Å²) in [6.45, 7) is 3.50. The normalized spacial score (nSPS) is 23.2. The number of likely N-dealkylation sites (tertiary alicyclic amines) is 1. The van der Waals surface area contributed by atoms with Gasteiger partial charge in [0.25, 0.3) is 0 Å². The van der Waals surface area contributed by atoms with E-state index in [2.05, 4.69) is 4.72 Å². The predicted octanol–water partition coefficient (Wildman–Crippen LogP) is 0.780. The molecule has 0 saturated carbocycles. The van der Waals surface area contributed by atoms with Gasteiger partial charge in [0, 0.05) is 19.5 Å². The number of nitrogens with zero attached hydrogens (tertiary/aromatic N) is 1. The van der Waals surface area contributed by atoms with Crippen LogP contribution in [0.1, 0.15) is 19.8 Å². The van der Waals surface area contributed by atoms with Crippen LogP contribution in [0.15, 0.2) is 30.3 Å². The van der Waals surface area contributed by atoms with Gasteiger partial charge in [-0.05, 0) is 25.5 Å². The standard InChI is InChI=1S/C19H28N2O6S/c1-2-28(23,24)20-15-13-26-17-11-21(12-18(17)27-14-15)19(22)9-6-10-25-16-7-4-3-5-8-16/h3-5,7-8,15,17-18,20H,2,6,9-14H2,1H3/t17-,18-/m0/s1.